The minimum Gasteiger partial charge on any atom is -0.497 e. The number of benzene rings is 1. The summed E-state index contributed by atoms with van der Waals surface area (Å²) in [5, 5.41) is 20.6. The van der Waals surface area contributed by atoms with Gasteiger partial charge >= 0.3 is 0 Å². The second-order valence-electron chi connectivity index (χ2n) is 7.40. The standard InChI is InChI=1S/C22H27N3O3/c1-5-15-9-10-18(23-12-15)21-20(16-7-6-8-17(11-16)28-4)24-14-25(21)13-19(26)22(2,3)27/h6-12,14,19,26-27H,5,13H2,1-4H3. The highest BCUT2D eigenvalue weighted by molar-refractivity contribution is 5.77. The second-order valence-corrected chi connectivity index (χ2v) is 7.40. The fourth-order valence-electron chi connectivity index (χ4n) is 2.95. The number of methoxy groups -OCH3 is 1. The molecule has 0 spiro atoms. The van der Waals surface area contributed by atoms with Gasteiger partial charge in [-0.1, -0.05) is 25.1 Å². The van der Waals surface area contributed by atoms with Crippen LogP contribution < -0.4 is 4.74 Å². The predicted molar refractivity (Wildman–Crippen MR) is 109 cm³/mol. The van der Waals surface area contributed by atoms with Crippen molar-refractivity contribution in [2.45, 2.75) is 45.4 Å². The molecule has 6 heteroatoms. The van der Waals surface area contributed by atoms with Gasteiger partial charge in [0.25, 0.3) is 0 Å². The number of nitrogens with zero attached hydrogens (tertiary/aromatic N) is 3. The summed E-state index contributed by atoms with van der Waals surface area (Å²) < 4.78 is 7.18. The molecule has 0 saturated carbocycles. The van der Waals surface area contributed by atoms with Crippen LogP contribution in [0.5, 0.6) is 5.75 Å². The lowest BCUT2D eigenvalue weighted by Gasteiger charge is -2.25. The Morgan fingerprint density at radius 3 is 2.57 bits per heavy atom. The number of pyridine rings is 1. The molecule has 0 aliphatic rings. The van der Waals surface area contributed by atoms with Crippen LogP contribution in [0.25, 0.3) is 22.6 Å². The lowest BCUT2D eigenvalue weighted by molar-refractivity contribution is -0.0550. The van der Waals surface area contributed by atoms with E-state index in [1.807, 2.05) is 47.2 Å². The summed E-state index contributed by atoms with van der Waals surface area (Å²) in [6.45, 7) is 5.46. The summed E-state index contributed by atoms with van der Waals surface area (Å²) in [4.78, 5) is 9.21. The molecule has 6 nitrogen and oxygen atoms in total. The largest absolute Gasteiger partial charge is 0.497 e. The van der Waals surface area contributed by atoms with Gasteiger partial charge in [0, 0.05) is 11.8 Å². The van der Waals surface area contributed by atoms with Gasteiger partial charge in [0.05, 0.1) is 42.7 Å². The highest BCUT2D eigenvalue weighted by Gasteiger charge is 2.27. The fraction of sp³-hybridized carbons (Fsp3) is 0.364. The van der Waals surface area contributed by atoms with Gasteiger partial charge in [-0.2, -0.15) is 0 Å². The first kappa shape index (κ1) is 20.0. The van der Waals surface area contributed by atoms with Crippen molar-refractivity contribution in [3.05, 3.63) is 54.5 Å². The Hall–Kier alpha value is -2.70. The molecule has 3 rings (SSSR count). The first-order valence-corrected chi connectivity index (χ1v) is 9.38. The molecule has 2 heterocycles. The number of aliphatic hydroxyl groups is 2. The molecule has 148 valence electrons. The maximum Gasteiger partial charge on any atom is 0.119 e. The molecular formula is C22H27N3O3. The monoisotopic (exact) mass is 381 g/mol. The van der Waals surface area contributed by atoms with Crippen LogP contribution >= 0.6 is 0 Å². The van der Waals surface area contributed by atoms with Gasteiger partial charge < -0.3 is 19.5 Å². The number of hydrogen-bond acceptors (Lipinski definition) is 5. The highest BCUT2D eigenvalue weighted by Crippen LogP contribution is 2.32. The van der Waals surface area contributed by atoms with Gasteiger partial charge in [-0.3, -0.25) is 4.98 Å². The minimum absolute atomic E-state index is 0.201. The number of rotatable bonds is 7. The molecule has 28 heavy (non-hydrogen) atoms. The number of hydrogen-bond donors (Lipinski definition) is 2. The zero-order valence-electron chi connectivity index (χ0n) is 16.8. The topological polar surface area (TPSA) is 80.4 Å². The van der Waals surface area contributed by atoms with E-state index < -0.39 is 11.7 Å². The van der Waals surface area contributed by atoms with Crippen molar-refractivity contribution in [3.8, 4) is 28.4 Å². The normalized spacial score (nSPS) is 12.8. The van der Waals surface area contributed by atoms with E-state index in [1.165, 1.54) is 0 Å². The van der Waals surface area contributed by atoms with E-state index in [4.69, 9.17) is 4.74 Å². The average molecular weight is 381 g/mol. The van der Waals surface area contributed by atoms with Crippen LogP contribution in [-0.2, 0) is 13.0 Å². The number of aliphatic hydroxyl groups excluding tert-OH is 1. The molecule has 0 radical (unpaired) electrons. The van der Waals surface area contributed by atoms with Crippen molar-refractivity contribution in [1.82, 2.24) is 14.5 Å². The molecule has 2 aromatic heterocycles. The Morgan fingerprint density at radius 2 is 1.96 bits per heavy atom. The maximum absolute atomic E-state index is 10.4. The van der Waals surface area contributed by atoms with Crippen LogP contribution in [-0.4, -0.2) is 43.6 Å². The zero-order valence-corrected chi connectivity index (χ0v) is 16.8. The number of aromatic nitrogens is 3. The third-order valence-corrected chi connectivity index (χ3v) is 4.84. The lowest BCUT2D eigenvalue weighted by Crippen LogP contribution is -2.39. The van der Waals surface area contributed by atoms with Gasteiger partial charge in [-0.25, -0.2) is 4.98 Å². The third kappa shape index (κ3) is 4.24. The Bertz CT molecular complexity index is 927. The van der Waals surface area contributed by atoms with E-state index in [0.717, 1.165) is 40.4 Å². The van der Waals surface area contributed by atoms with Crippen LogP contribution in [0.1, 0.15) is 26.3 Å². The molecule has 3 aromatic rings. The SMILES string of the molecule is CCc1ccc(-c2c(-c3cccc(OC)c3)ncn2CC(O)C(C)(C)O)nc1. The number of imidazole rings is 1. The Labute approximate surface area is 165 Å². The Balaban J connectivity index is 2.11. The van der Waals surface area contributed by atoms with Crippen LogP contribution in [0, 0.1) is 0 Å². The van der Waals surface area contributed by atoms with E-state index in [1.54, 1.807) is 27.3 Å². The molecule has 2 N–H and O–H groups in total. The lowest BCUT2D eigenvalue weighted by atomic mass is 10.0. The van der Waals surface area contributed by atoms with Crippen molar-refractivity contribution in [2.75, 3.05) is 7.11 Å². The second kappa shape index (κ2) is 8.12. The summed E-state index contributed by atoms with van der Waals surface area (Å²) in [6, 6.07) is 11.7. The molecule has 1 aromatic carbocycles. The molecular weight excluding hydrogens is 354 g/mol. The van der Waals surface area contributed by atoms with E-state index in [-0.39, 0.29) is 6.54 Å². The number of aryl methyl sites for hydroxylation is 1. The minimum atomic E-state index is -1.23. The molecule has 0 saturated heterocycles. The summed E-state index contributed by atoms with van der Waals surface area (Å²) in [5.41, 5.74) is 3.12. The van der Waals surface area contributed by atoms with Crippen LogP contribution in [0.3, 0.4) is 0 Å². The van der Waals surface area contributed by atoms with Crippen molar-refractivity contribution in [2.24, 2.45) is 0 Å². The van der Waals surface area contributed by atoms with E-state index in [2.05, 4.69) is 16.9 Å². The van der Waals surface area contributed by atoms with E-state index >= 15 is 0 Å². The van der Waals surface area contributed by atoms with Gasteiger partial charge in [-0.05, 0) is 44.0 Å². The fourth-order valence-corrected chi connectivity index (χ4v) is 2.95. The van der Waals surface area contributed by atoms with Gasteiger partial charge in [0.1, 0.15) is 11.9 Å². The Morgan fingerprint density at radius 1 is 1.18 bits per heavy atom. The van der Waals surface area contributed by atoms with E-state index in [0.29, 0.717) is 0 Å². The molecule has 1 atom stereocenters. The smallest absolute Gasteiger partial charge is 0.119 e. The van der Waals surface area contributed by atoms with Gasteiger partial charge in [0.2, 0.25) is 0 Å². The van der Waals surface area contributed by atoms with Crippen molar-refractivity contribution in [3.63, 3.8) is 0 Å². The predicted octanol–water partition coefficient (Wildman–Crippen LogP) is 3.31. The van der Waals surface area contributed by atoms with Crippen LogP contribution in [0.15, 0.2) is 48.9 Å². The van der Waals surface area contributed by atoms with E-state index in [9.17, 15) is 10.2 Å². The van der Waals surface area contributed by atoms with Crippen LogP contribution in [0.2, 0.25) is 0 Å². The van der Waals surface area contributed by atoms with Crippen molar-refractivity contribution < 1.29 is 14.9 Å². The average Bonchev–Trinajstić information content (AvgIpc) is 3.11. The van der Waals surface area contributed by atoms with Crippen molar-refractivity contribution in [1.29, 1.82) is 0 Å². The maximum atomic E-state index is 10.4. The van der Waals surface area contributed by atoms with Crippen LogP contribution in [0.4, 0.5) is 0 Å². The first-order chi connectivity index (χ1) is 13.3. The molecule has 0 aliphatic carbocycles. The summed E-state index contributed by atoms with van der Waals surface area (Å²) in [7, 11) is 1.63. The zero-order chi connectivity index (χ0) is 20.3. The quantitative estimate of drug-likeness (QED) is 0.656. The first-order valence-electron chi connectivity index (χ1n) is 9.38. The molecule has 0 amide bonds. The van der Waals surface area contributed by atoms with Gasteiger partial charge in [-0.15, -0.1) is 0 Å². The highest BCUT2D eigenvalue weighted by atomic mass is 16.5. The van der Waals surface area contributed by atoms with Crippen molar-refractivity contribution >= 4 is 0 Å². The number of ether oxygens (including phenoxy) is 1. The Kier molecular flexibility index (Phi) is 5.82. The summed E-state index contributed by atoms with van der Waals surface area (Å²) in [6.07, 6.45) is 3.49. The third-order valence-electron chi connectivity index (χ3n) is 4.84. The molecule has 1 unspecified atom stereocenters. The summed E-state index contributed by atoms with van der Waals surface area (Å²) in [5.74, 6) is 0.740. The van der Waals surface area contributed by atoms with Gasteiger partial charge in [0.15, 0.2) is 0 Å². The molecule has 0 bridgehead atoms. The molecule has 0 fully saturated rings. The molecule has 0 aliphatic heterocycles. The summed E-state index contributed by atoms with van der Waals surface area (Å²) >= 11 is 0.